The molecule has 0 fully saturated rings. The van der Waals surface area contributed by atoms with Crippen LogP contribution in [0.15, 0.2) is 28.1 Å². The molecule has 0 aliphatic rings. The topological polar surface area (TPSA) is 50.9 Å². The lowest BCUT2D eigenvalue weighted by atomic mass is 10.2. The summed E-state index contributed by atoms with van der Waals surface area (Å²) in [5.41, 5.74) is 8.80. The van der Waals surface area contributed by atoms with Crippen LogP contribution in [0.5, 0.6) is 0 Å². The molecule has 3 N–H and O–H groups in total. The molecule has 0 saturated heterocycles. The summed E-state index contributed by atoms with van der Waals surface area (Å²) in [6, 6.07) is 8.17. The van der Waals surface area contributed by atoms with Crippen LogP contribution in [-0.4, -0.2) is 4.98 Å². The number of thiophene rings is 1. The number of hydrogen-bond acceptors (Lipinski definition) is 5. The van der Waals surface area contributed by atoms with Crippen LogP contribution in [0, 0.1) is 6.92 Å². The van der Waals surface area contributed by atoms with Crippen LogP contribution >= 0.6 is 38.6 Å². The number of aryl methyl sites for hydroxylation is 1. The third-order valence-electron chi connectivity index (χ3n) is 2.75. The fraction of sp³-hybridized carbons (Fsp3) is 0.154. The van der Waals surface area contributed by atoms with Crippen molar-refractivity contribution in [3.8, 4) is 0 Å². The second kappa shape index (κ2) is 5.11. The molecule has 0 amide bonds. The molecule has 6 heteroatoms. The van der Waals surface area contributed by atoms with Crippen LogP contribution in [0.4, 0.5) is 11.4 Å². The summed E-state index contributed by atoms with van der Waals surface area (Å²) in [5.74, 6) is 0. The maximum atomic E-state index is 6.08. The van der Waals surface area contributed by atoms with E-state index in [1.54, 1.807) is 22.7 Å². The molecule has 19 heavy (non-hydrogen) atoms. The van der Waals surface area contributed by atoms with E-state index in [1.165, 1.54) is 4.88 Å². The van der Waals surface area contributed by atoms with E-state index >= 15 is 0 Å². The molecule has 0 spiro atoms. The molecule has 3 rings (SSSR count). The molecule has 0 atom stereocenters. The normalized spacial score (nSPS) is 11.1. The van der Waals surface area contributed by atoms with Crippen LogP contribution in [0.3, 0.4) is 0 Å². The summed E-state index contributed by atoms with van der Waals surface area (Å²) in [5, 5.41) is 4.44. The quantitative estimate of drug-likeness (QED) is 0.675. The number of nitrogens with two attached hydrogens (primary N) is 1. The van der Waals surface area contributed by atoms with E-state index in [9.17, 15) is 0 Å². The number of benzene rings is 1. The zero-order valence-corrected chi connectivity index (χ0v) is 13.5. The van der Waals surface area contributed by atoms with E-state index in [1.807, 2.05) is 19.1 Å². The maximum Gasteiger partial charge on any atom is 0.0907 e. The summed E-state index contributed by atoms with van der Waals surface area (Å²) in [4.78, 5) is 5.76. The monoisotopic (exact) mass is 353 g/mol. The van der Waals surface area contributed by atoms with Crippen LogP contribution in [0.25, 0.3) is 10.2 Å². The van der Waals surface area contributed by atoms with Gasteiger partial charge in [-0.1, -0.05) is 0 Å². The zero-order valence-electron chi connectivity index (χ0n) is 10.2. The van der Waals surface area contributed by atoms with Crippen molar-refractivity contribution in [1.82, 2.24) is 4.98 Å². The molecule has 3 nitrogen and oxygen atoms in total. The van der Waals surface area contributed by atoms with Gasteiger partial charge in [0.2, 0.25) is 0 Å². The molecule has 3 aromatic rings. The molecule has 2 aromatic heterocycles. The molecule has 0 aliphatic carbocycles. The van der Waals surface area contributed by atoms with Crippen molar-refractivity contribution in [2.45, 2.75) is 13.5 Å². The van der Waals surface area contributed by atoms with Gasteiger partial charge in [-0.3, -0.25) is 0 Å². The third kappa shape index (κ3) is 2.75. The minimum atomic E-state index is 0.770. The van der Waals surface area contributed by atoms with Gasteiger partial charge in [0.1, 0.15) is 0 Å². The summed E-state index contributed by atoms with van der Waals surface area (Å²) in [6.07, 6.45) is 0. The molecule has 0 bridgehead atoms. The first-order valence-electron chi connectivity index (χ1n) is 5.76. The number of aromatic nitrogens is 1. The number of nitrogens with zero attached hydrogens (tertiary/aromatic N) is 1. The van der Waals surface area contributed by atoms with Crippen molar-refractivity contribution in [3.63, 3.8) is 0 Å². The van der Waals surface area contributed by atoms with Gasteiger partial charge in [0, 0.05) is 11.4 Å². The Bertz CT molecular complexity index is 733. The highest BCUT2D eigenvalue weighted by Crippen LogP contribution is 2.30. The van der Waals surface area contributed by atoms with Gasteiger partial charge < -0.3 is 11.1 Å². The smallest absolute Gasteiger partial charge is 0.0907 e. The second-order valence-electron chi connectivity index (χ2n) is 4.20. The standard InChI is InChI=1S/C13H12BrN3S2/c1-7-17-11-5-10(9(15)4-12(11)18-7)16-6-8-2-3-13(14)19-8/h2-5,16H,6,15H2,1H3. The fourth-order valence-electron chi connectivity index (χ4n) is 1.89. The number of fused-ring (bicyclic) bond motifs is 1. The maximum absolute atomic E-state index is 6.08. The molecular weight excluding hydrogens is 342 g/mol. The van der Waals surface area contributed by atoms with Crippen molar-refractivity contribution in [3.05, 3.63) is 37.9 Å². The van der Waals surface area contributed by atoms with E-state index in [0.29, 0.717) is 0 Å². The predicted molar refractivity (Wildman–Crippen MR) is 88.1 cm³/mol. The van der Waals surface area contributed by atoms with Crippen molar-refractivity contribution in [1.29, 1.82) is 0 Å². The zero-order chi connectivity index (χ0) is 13.4. The third-order valence-corrected chi connectivity index (χ3v) is 5.31. The largest absolute Gasteiger partial charge is 0.397 e. The molecule has 2 heterocycles. The lowest BCUT2D eigenvalue weighted by Gasteiger charge is -2.08. The van der Waals surface area contributed by atoms with Crippen LogP contribution in [-0.2, 0) is 6.54 Å². The number of hydrogen-bond donors (Lipinski definition) is 2. The molecule has 0 radical (unpaired) electrons. The van der Waals surface area contributed by atoms with Gasteiger partial charge in [-0.25, -0.2) is 4.98 Å². The molecule has 0 saturated carbocycles. The van der Waals surface area contributed by atoms with Crippen LogP contribution in [0.2, 0.25) is 0 Å². The summed E-state index contributed by atoms with van der Waals surface area (Å²) >= 11 is 6.86. The first kappa shape index (κ1) is 12.9. The molecular formula is C13H12BrN3S2. The molecule has 0 unspecified atom stereocenters. The summed E-state index contributed by atoms with van der Waals surface area (Å²) in [6.45, 7) is 2.78. The Hall–Kier alpha value is -1.11. The Morgan fingerprint density at radius 2 is 2.16 bits per heavy atom. The van der Waals surface area contributed by atoms with E-state index in [2.05, 4.69) is 38.4 Å². The number of rotatable bonds is 3. The predicted octanol–water partition coefficient (Wildman–Crippen LogP) is 4.62. The Kier molecular flexibility index (Phi) is 3.47. The summed E-state index contributed by atoms with van der Waals surface area (Å²) in [7, 11) is 0. The van der Waals surface area contributed by atoms with Crippen LogP contribution < -0.4 is 11.1 Å². The van der Waals surface area contributed by atoms with E-state index < -0.39 is 0 Å². The SMILES string of the molecule is Cc1nc2cc(NCc3ccc(Br)s3)c(N)cc2s1. The minimum Gasteiger partial charge on any atom is -0.397 e. The van der Waals surface area contributed by atoms with Crippen molar-refractivity contribution in [2.75, 3.05) is 11.1 Å². The fourth-order valence-corrected chi connectivity index (χ4v) is 4.17. The first-order chi connectivity index (χ1) is 9.11. The number of nitrogens with one attached hydrogen (secondary N) is 1. The Labute approximate surface area is 127 Å². The molecule has 98 valence electrons. The van der Waals surface area contributed by atoms with E-state index in [4.69, 9.17) is 5.73 Å². The number of halogens is 1. The van der Waals surface area contributed by atoms with E-state index in [-0.39, 0.29) is 0 Å². The Morgan fingerprint density at radius 1 is 1.32 bits per heavy atom. The molecule has 0 aliphatic heterocycles. The van der Waals surface area contributed by atoms with Gasteiger partial charge in [-0.2, -0.15) is 0 Å². The Morgan fingerprint density at radius 3 is 2.89 bits per heavy atom. The highest BCUT2D eigenvalue weighted by molar-refractivity contribution is 9.11. The van der Waals surface area contributed by atoms with Gasteiger partial charge >= 0.3 is 0 Å². The Balaban J connectivity index is 1.85. The van der Waals surface area contributed by atoms with Gasteiger partial charge in [0.05, 0.1) is 30.4 Å². The van der Waals surface area contributed by atoms with Gasteiger partial charge in [-0.15, -0.1) is 22.7 Å². The van der Waals surface area contributed by atoms with Gasteiger partial charge in [0.25, 0.3) is 0 Å². The number of anilines is 2. The van der Waals surface area contributed by atoms with Crippen molar-refractivity contribution in [2.24, 2.45) is 0 Å². The van der Waals surface area contributed by atoms with Crippen molar-refractivity contribution >= 4 is 60.2 Å². The molecule has 1 aromatic carbocycles. The van der Waals surface area contributed by atoms with Crippen LogP contribution in [0.1, 0.15) is 9.88 Å². The summed E-state index contributed by atoms with van der Waals surface area (Å²) < 4.78 is 2.28. The van der Waals surface area contributed by atoms with Crippen molar-refractivity contribution < 1.29 is 0 Å². The lowest BCUT2D eigenvalue weighted by Crippen LogP contribution is -2.01. The number of nitrogen functional groups attached to an aromatic ring is 1. The lowest BCUT2D eigenvalue weighted by molar-refractivity contribution is 1.19. The van der Waals surface area contributed by atoms with E-state index in [0.717, 1.165) is 36.9 Å². The average Bonchev–Trinajstić information content (AvgIpc) is 2.91. The minimum absolute atomic E-state index is 0.770. The first-order valence-corrected chi connectivity index (χ1v) is 8.19. The second-order valence-corrected chi connectivity index (χ2v) is 7.98. The highest BCUT2D eigenvalue weighted by atomic mass is 79.9. The average molecular weight is 354 g/mol. The highest BCUT2D eigenvalue weighted by Gasteiger charge is 2.06. The number of thiazole rings is 1. The van der Waals surface area contributed by atoms with Gasteiger partial charge in [0.15, 0.2) is 0 Å². The van der Waals surface area contributed by atoms with Gasteiger partial charge in [-0.05, 0) is 47.1 Å².